The number of carboxylic acid groups (broad SMARTS) is 2. The topological polar surface area (TPSA) is 441 Å². The Bertz CT molecular complexity index is 2840. The third-order valence-corrected chi connectivity index (χ3v) is 13.5. The first-order valence-electron chi connectivity index (χ1n) is 24.8. The number of likely N-dealkylation sites (tertiary alicyclic amines) is 1. The van der Waals surface area contributed by atoms with E-state index in [4.69, 9.17) is 17.2 Å². The van der Waals surface area contributed by atoms with Gasteiger partial charge in [0.1, 0.15) is 48.3 Å². The predicted octanol–water partition coefficient (Wildman–Crippen LogP) is -3.37. The number of H-pyrrole nitrogens is 2. The zero-order valence-corrected chi connectivity index (χ0v) is 44.0. The molecule has 29 heteroatoms. The Morgan fingerprint density at radius 3 is 1.69 bits per heavy atom. The van der Waals surface area contributed by atoms with E-state index in [1.165, 1.54) is 0 Å². The average molecular weight is 1120 g/mol. The lowest BCUT2D eigenvalue weighted by Crippen LogP contribution is -2.60. The van der Waals surface area contributed by atoms with E-state index in [0.717, 1.165) is 26.7 Å². The minimum Gasteiger partial charge on any atom is -0.481 e. The molecule has 18 N–H and O–H groups in total. The van der Waals surface area contributed by atoms with Crippen molar-refractivity contribution in [3.05, 3.63) is 72.1 Å². The van der Waals surface area contributed by atoms with Crippen LogP contribution in [-0.2, 0) is 60.8 Å². The third-order valence-electron chi connectivity index (χ3n) is 12.7. The number of guanidine groups is 1. The smallest absolute Gasteiger partial charge is 0.326 e. The van der Waals surface area contributed by atoms with Gasteiger partial charge in [0.25, 0.3) is 0 Å². The van der Waals surface area contributed by atoms with Crippen LogP contribution in [0.15, 0.2) is 65.9 Å². The van der Waals surface area contributed by atoms with Crippen molar-refractivity contribution in [3.8, 4) is 0 Å². The fourth-order valence-electron chi connectivity index (χ4n) is 8.62. The number of amides is 8. The predicted molar refractivity (Wildman–Crippen MR) is 291 cm³/mol. The molecule has 0 saturated carbocycles. The summed E-state index contributed by atoms with van der Waals surface area (Å²) in [5.41, 5.74) is 19.1. The van der Waals surface area contributed by atoms with E-state index in [9.17, 15) is 63.3 Å². The molecule has 0 spiro atoms. The van der Waals surface area contributed by atoms with E-state index in [0.29, 0.717) is 17.5 Å². The summed E-state index contributed by atoms with van der Waals surface area (Å²) in [4.78, 5) is 144. The van der Waals surface area contributed by atoms with E-state index in [1.54, 1.807) is 60.9 Å². The Morgan fingerprint density at radius 1 is 0.679 bits per heavy atom. The number of nitrogens with two attached hydrogens (primary N) is 3. The molecule has 2 aromatic heterocycles. The summed E-state index contributed by atoms with van der Waals surface area (Å²) in [6.07, 6.45) is 2.61. The number of aliphatic carboxylic acids is 2. The molecule has 4 aromatic rings. The van der Waals surface area contributed by atoms with Crippen molar-refractivity contribution < 1.29 is 63.3 Å². The van der Waals surface area contributed by atoms with Crippen molar-refractivity contribution in [1.29, 1.82) is 0 Å². The normalized spacial score (nSPS) is 15.8. The summed E-state index contributed by atoms with van der Waals surface area (Å²) in [5.74, 6) is -10.3. The standard InChI is InChI=1S/C49H66N14O13S2/c50-29(22-64)41(68)60-35(18-26-20-55-31-10-4-2-8-28(26)31)43(70)62-36(23-77)44(71)58-32(13-14-40(66)67)47(74)63-16-6-12-38(63)46(73)56-21-39(65)57-34(17-25-19-54-30-9-3-1-7-27(25)30)42(69)61-37(24-78)45(72)59-33(48(75)76)11-5-15-53-49(51)52/h1-4,7-10,19-20,29,32-38,54-55,64,77-78H,5-6,11-18,21-24,50H2,(H,56,73)(H,57,65)(H,58,71)(H,59,72)(H,60,68)(H,61,69)(H,62,70)(H,66,67)(H,75,76)(H4,51,52,53)/t29-,32-,33-,34-,35-,36-,37-,38-/m0/s1. The molecule has 27 nitrogen and oxygen atoms in total. The number of fused-ring (bicyclic) bond motifs is 2. The summed E-state index contributed by atoms with van der Waals surface area (Å²) >= 11 is 8.45. The van der Waals surface area contributed by atoms with Crippen LogP contribution in [-0.4, -0.2) is 181 Å². The number of aliphatic hydroxyl groups excluding tert-OH is 1. The van der Waals surface area contributed by atoms with Crippen molar-refractivity contribution in [1.82, 2.24) is 52.1 Å². The van der Waals surface area contributed by atoms with Gasteiger partial charge in [-0.3, -0.25) is 48.1 Å². The van der Waals surface area contributed by atoms with Gasteiger partial charge in [-0.05, 0) is 55.4 Å². The van der Waals surface area contributed by atoms with Crippen LogP contribution in [0.1, 0.15) is 49.7 Å². The lowest BCUT2D eigenvalue weighted by atomic mass is 10.0. The Morgan fingerprint density at radius 2 is 1.18 bits per heavy atom. The Labute approximate surface area is 457 Å². The summed E-state index contributed by atoms with van der Waals surface area (Å²) in [6, 6.07) is 3.33. The molecule has 5 rings (SSSR count). The molecular weight excluding hydrogens is 1060 g/mol. The van der Waals surface area contributed by atoms with Gasteiger partial charge in [0.2, 0.25) is 47.3 Å². The maximum absolute atomic E-state index is 14.2. The van der Waals surface area contributed by atoms with E-state index in [2.05, 4.69) is 77.4 Å². The molecule has 1 aliphatic rings. The number of aliphatic imine (C=N–C) groups is 1. The van der Waals surface area contributed by atoms with E-state index >= 15 is 0 Å². The number of carboxylic acids is 2. The number of nitrogens with one attached hydrogen (secondary N) is 9. The molecule has 422 valence electrons. The zero-order valence-electron chi connectivity index (χ0n) is 42.2. The number of hydrogen-bond donors (Lipinski definition) is 17. The molecule has 8 atom stereocenters. The quantitative estimate of drug-likeness (QED) is 0.0105. The molecule has 1 fully saturated rings. The number of carbonyl (C=O) groups excluding carboxylic acids is 8. The average Bonchev–Trinajstić information content (AvgIpc) is 4.19. The Hall–Kier alpha value is -7.89. The van der Waals surface area contributed by atoms with E-state index in [-0.39, 0.29) is 62.7 Å². The van der Waals surface area contributed by atoms with Crippen molar-refractivity contribution >= 4 is 112 Å². The second-order valence-electron chi connectivity index (χ2n) is 18.3. The van der Waals surface area contributed by atoms with Crippen LogP contribution in [0.3, 0.4) is 0 Å². The number of carbonyl (C=O) groups is 10. The number of aromatic nitrogens is 2. The Kier molecular flexibility index (Phi) is 23.1. The van der Waals surface area contributed by atoms with Gasteiger partial charge >= 0.3 is 11.9 Å². The number of nitrogens with zero attached hydrogens (tertiary/aromatic N) is 2. The van der Waals surface area contributed by atoms with Crippen molar-refractivity contribution in [2.75, 3.05) is 37.7 Å². The highest BCUT2D eigenvalue weighted by molar-refractivity contribution is 7.80. The van der Waals surface area contributed by atoms with Crippen LogP contribution in [0.5, 0.6) is 0 Å². The molecule has 0 bridgehead atoms. The van der Waals surface area contributed by atoms with Gasteiger partial charge in [-0.15, -0.1) is 0 Å². The van der Waals surface area contributed by atoms with Crippen molar-refractivity contribution in [2.45, 2.75) is 99.7 Å². The van der Waals surface area contributed by atoms with Gasteiger partial charge in [-0.1, -0.05) is 36.4 Å². The van der Waals surface area contributed by atoms with Gasteiger partial charge in [-0.25, -0.2) is 4.79 Å². The van der Waals surface area contributed by atoms with Crippen LogP contribution in [0, 0.1) is 0 Å². The zero-order chi connectivity index (χ0) is 57.1. The first-order chi connectivity index (χ1) is 37.2. The van der Waals surface area contributed by atoms with Crippen molar-refractivity contribution in [2.24, 2.45) is 22.2 Å². The fourth-order valence-corrected chi connectivity index (χ4v) is 9.13. The summed E-state index contributed by atoms with van der Waals surface area (Å²) in [7, 11) is 0. The summed E-state index contributed by atoms with van der Waals surface area (Å²) in [6.45, 7) is -1.33. The van der Waals surface area contributed by atoms with Gasteiger partial charge < -0.3 is 84.6 Å². The SMILES string of the molecule is NC(N)=NCCC[C@H](NC(=O)[C@H](CS)NC(=O)[C@H](Cc1c[nH]c2ccccc12)NC(=O)CNC(=O)[C@@H]1CCCN1C(=O)[C@H](CCC(=O)O)NC(=O)[C@H](CS)NC(=O)[C@H](Cc1c[nH]c2ccccc12)NC(=O)[C@@H](N)CO)C(=O)O. The highest BCUT2D eigenvalue weighted by Gasteiger charge is 2.39. The van der Waals surface area contributed by atoms with Crippen LogP contribution in [0.25, 0.3) is 21.8 Å². The lowest BCUT2D eigenvalue weighted by molar-refractivity contribution is -0.143. The number of benzene rings is 2. The number of para-hydroxylation sites is 2. The molecule has 1 aliphatic heterocycles. The maximum atomic E-state index is 14.2. The molecular formula is C49H66N14O13S2. The van der Waals surface area contributed by atoms with Gasteiger partial charge in [0, 0.05) is 78.1 Å². The van der Waals surface area contributed by atoms with E-state index < -0.39 is 134 Å². The molecule has 0 radical (unpaired) electrons. The van der Waals surface area contributed by atoms with E-state index in [1.807, 2.05) is 0 Å². The molecule has 8 amide bonds. The summed E-state index contributed by atoms with van der Waals surface area (Å²) in [5, 5.41) is 47.8. The summed E-state index contributed by atoms with van der Waals surface area (Å²) < 4.78 is 0. The monoisotopic (exact) mass is 1120 g/mol. The van der Waals surface area contributed by atoms with Crippen LogP contribution in [0.2, 0.25) is 0 Å². The molecule has 1 saturated heterocycles. The number of rotatable bonds is 30. The largest absolute Gasteiger partial charge is 0.481 e. The molecule has 0 unspecified atom stereocenters. The number of aromatic amines is 2. The molecule has 2 aromatic carbocycles. The minimum absolute atomic E-state index is 0.00158. The second kappa shape index (κ2) is 29.6. The van der Waals surface area contributed by atoms with Crippen LogP contribution >= 0.6 is 25.3 Å². The number of aliphatic hydroxyl groups is 1. The van der Waals surface area contributed by atoms with Crippen LogP contribution < -0.4 is 54.4 Å². The first kappa shape index (κ1) is 61.0. The lowest BCUT2D eigenvalue weighted by Gasteiger charge is -2.30. The van der Waals surface area contributed by atoms with Crippen molar-refractivity contribution in [3.63, 3.8) is 0 Å². The fraction of sp³-hybridized carbons (Fsp3) is 0.449. The second-order valence-corrected chi connectivity index (χ2v) is 19.1. The van der Waals surface area contributed by atoms with Gasteiger partial charge in [0.05, 0.1) is 13.2 Å². The highest BCUT2D eigenvalue weighted by Crippen LogP contribution is 2.22. The van der Waals surface area contributed by atoms with Gasteiger partial charge in [-0.2, -0.15) is 25.3 Å². The van der Waals surface area contributed by atoms with Gasteiger partial charge in [0.15, 0.2) is 5.96 Å². The molecule has 3 heterocycles. The highest BCUT2D eigenvalue weighted by atomic mass is 32.1. The number of thiol groups is 2. The minimum atomic E-state index is -1.54. The molecule has 78 heavy (non-hydrogen) atoms. The van der Waals surface area contributed by atoms with Crippen LogP contribution in [0.4, 0.5) is 0 Å². The molecule has 0 aliphatic carbocycles. The Balaban J connectivity index is 1.25. The third kappa shape index (κ3) is 17.3. The maximum Gasteiger partial charge on any atom is 0.326 e. The number of hydrogen-bond acceptors (Lipinski definition) is 15. The first-order valence-corrected chi connectivity index (χ1v) is 26.1.